The number of fused-ring (bicyclic) bond motifs is 4. The predicted molar refractivity (Wildman–Crippen MR) is 256 cm³/mol. The number of hydrogen-bond donors (Lipinski definition) is 4. The van der Waals surface area contributed by atoms with E-state index in [1.165, 1.54) is 24.0 Å². The smallest absolute Gasteiger partial charge is 0.417 e. The summed E-state index contributed by atoms with van der Waals surface area (Å²) in [5.41, 5.74) is 2.51. The predicted octanol–water partition coefficient (Wildman–Crippen LogP) is 11.3. The van der Waals surface area contributed by atoms with E-state index in [-0.39, 0.29) is 17.3 Å². The summed E-state index contributed by atoms with van der Waals surface area (Å²) < 4.78 is 46.5. The van der Waals surface area contributed by atoms with Gasteiger partial charge < -0.3 is 30.9 Å². The van der Waals surface area contributed by atoms with Crippen molar-refractivity contribution in [2.24, 2.45) is 4.99 Å². The summed E-state index contributed by atoms with van der Waals surface area (Å²) in [7, 11) is 0. The summed E-state index contributed by atoms with van der Waals surface area (Å²) in [6.45, 7) is 7.61. The molecule has 4 amide bonds. The van der Waals surface area contributed by atoms with Gasteiger partial charge in [0.1, 0.15) is 17.2 Å². The van der Waals surface area contributed by atoms with Crippen molar-refractivity contribution >= 4 is 78.8 Å². The molecular formula is C49H48ClF3N8O4S. The Morgan fingerprint density at radius 1 is 0.788 bits per heavy atom. The van der Waals surface area contributed by atoms with Gasteiger partial charge in [-0.1, -0.05) is 42.3 Å². The molecule has 0 saturated heterocycles. The summed E-state index contributed by atoms with van der Waals surface area (Å²) in [5, 5.41) is 13.3. The van der Waals surface area contributed by atoms with E-state index in [0.717, 1.165) is 81.4 Å². The molecule has 66 heavy (non-hydrogen) atoms. The highest BCUT2D eigenvalue weighted by atomic mass is 35.5. The number of hydrogen-bond acceptors (Lipinski definition) is 9. The van der Waals surface area contributed by atoms with Gasteiger partial charge >= 0.3 is 12.2 Å². The molecule has 0 spiro atoms. The molecular weight excluding hydrogens is 889 g/mol. The molecule has 2 aliphatic rings. The lowest BCUT2D eigenvalue weighted by atomic mass is 10.1. The van der Waals surface area contributed by atoms with E-state index in [2.05, 4.69) is 81.4 Å². The van der Waals surface area contributed by atoms with Crippen LogP contribution in [0.3, 0.4) is 0 Å². The average Bonchev–Trinajstić information content (AvgIpc) is 3.30. The first-order valence-corrected chi connectivity index (χ1v) is 22.8. The minimum Gasteiger partial charge on any atom is -0.457 e. The molecule has 0 fully saturated rings. The largest absolute Gasteiger partial charge is 0.457 e. The fourth-order valence-corrected chi connectivity index (χ4v) is 8.55. The second-order valence-corrected chi connectivity index (χ2v) is 16.7. The van der Waals surface area contributed by atoms with Gasteiger partial charge in [0.15, 0.2) is 0 Å². The molecule has 4 aromatic carbocycles. The van der Waals surface area contributed by atoms with E-state index in [9.17, 15) is 27.6 Å². The molecule has 0 atom stereocenters. The van der Waals surface area contributed by atoms with E-state index in [1.807, 2.05) is 12.1 Å². The Balaban J connectivity index is 0.805. The van der Waals surface area contributed by atoms with Gasteiger partial charge in [0, 0.05) is 79.2 Å². The number of alkyl halides is 3. The lowest BCUT2D eigenvalue weighted by molar-refractivity contribution is -0.137. The SMILES string of the molecule is CCN(CC)c1ccc2nc3c4ccccc4c(=NCCCCCC(=O)NCCCNC(=O)c4cc(Oc5ccc(NC(=O)Nc6ccc(Cl)c(C(F)(F)F)c6)cc5)ccn4)cc-3sc2c1. The quantitative estimate of drug-likeness (QED) is 0.0380. The number of pyridine rings is 1. The number of carbonyl (C=O) groups excluding carboxylic acids is 3. The molecule has 342 valence electrons. The van der Waals surface area contributed by atoms with Crippen molar-refractivity contribution in [2.75, 3.05) is 48.3 Å². The molecule has 1 aromatic heterocycles. The number of ether oxygens (including phenoxy) is 1. The molecule has 0 radical (unpaired) electrons. The van der Waals surface area contributed by atoms with Gasteiger partial charge in [0.05, 0.1) is 36.7 Å². The number of nitrogens with zero attached hydrogens (tertiary/aromatic N) is 4. The Kier molecular flexibility index (Phi) is 15.7. The maximum atomic E-state index is 13.2. The fourth-order valence-electron chi connectivity index (χ4n) is 7.27. The first-order chi connectivity index (χ1) is 31.9. The lowest BCUT2D eigenvalue weighted by Crippen LogP contribution is -2.30. The minimum absolute atomic E-state index is 0.0383. The molecule has 7 rings (SSSR count). The Hall–Kier alpha value is -6.78. The summed E-state index contributed by atoms with van der Waals surface area (Å²) in [4.78, 5) is 55.4. The van der Waals surface area contributed by atoms with Crippen LogP contribution in [0.2, 0.25) is 5.02 Å². The summed E-state index contributed by atoms with van der Waals surface area (Å²) in [6, 6.07) is 28.5. The Bertz CT molecular complexity index is 2870. The third kappa shape index (κ3) is 12.3. The summed E-state index contributed by atoms with van der Waals surface area (Å²) in [5.74, 6) is 0.293. The van der Waals surface area contributed by atoms with Crippen LogP contribution in [0.4, 0.5) is 35.0 Å². The number of aromatic nitrogens is 2. The highest BCUT2D eigenvalue weighted by molar-refractivity contribution is 7.21. The van der Waals surface area contributed by atoms with E-state index in [4.69, 9.17) is 26.3 Å². The van der Waals surface area contributed by atoms with Crippen LogP contribution in [0, 0.1) is 0 Å². The summed E-state index contributed by atoms with van der Waals surface area (Å²) >= 11 is 7.40. The topological polar surface area (TPSA) is 150 Å². The number of rotatable bonds is 18. The van der Waals surface area contributed by atoms with E-state index in [0.29, 0.717) is 49.7 Å². The van der Waals surface area contributed by atoms with Crippen LogP contribution in [-0.4, -0.2) is 60.5 Å². The van der Waals surface area contributed by atoms with Gasteiger partial charge in [-0.25, -0.2) is 9.78 Å². The first-order valence-electron chi connectivity index (χ1n) is 21.6. The second-order valence-electron chi connectivity index (χ2n) is 15.3. The van der Waals surface area contributed by atoms with E-state index in [1.54, 1.807) is 41.7 Å². The van der Waals surface area contributed by atoms with Crippen molar-refractivity contribution in [3.8, 4) is 22.1 Å². The fraction of sp³-hybridized carbons (Fsp3) is 0.265. The molecule has 2 heterocycles. The van der Waals surface area contributed by atoms with Crippen molar-refractivity contribution < 1.29 is 32.3 Å². The molecule has 5 aromatic rings. The van der Waals surface area contributed by atoms with E-state index >= 15 is 0 Å². The van der Waals surface area contributed by atoms with Crippen LogP contribution in [-0.2, 0) is 11.0 Å². The third-order valence-corrected chi connectivity index (χ3v) is 12.0. The van der Waals surface area contributed by atoms with Gasteiger partial charge in [-0.3, -0.25) is 19.6 Å². The Labute approximate surface area is 388 Å². The van der Waals surface area contributed by atoms with Crippen molar-refractivity contribution in [1.29, 1.82) is 0 Å². The highest BCUT2D eigenvalue weighted by Crippen LogP contribution is 2.37. The van der Waals surface area contributed by atoms with Crippen molar-refractivity contribution in [1.82, 2.24) is 20.6 Å². The van der Waals surface area contributed by atoms with Gasteiger partial charge in [-0.2, -0.15) is 13.2 Å². The van der Waals surface area contributed by atoms with Gasteiger partial charge in [0.2, 0.25) is 5.91 Å². The molecule has 4 N–H and O–H groups in total. The molecule has 1 aliphatic heterocycles. The standard InChI is InChI=1S/C49H48ClF3N8O4S/c1-3-61(4-2)33-17-21-40-43(28-33)66-44-30-41(36-11-7-8-12-37(36)46(44)60-40)54-23-9-5-6-13-45(62)56-24-10-25-57-47(63)42-29-35(22-26-55-42)65-34-18-14-31(15-19-34)58-48(64)59-32-16-20-39(50)38(27-32)49(51,52)53/h7-8,11-12,14-22,26-30H,3-6,9-10,13,23-25H2,1-2H3,(H,56,62)(H,57,63)(H2,58,59,64). The third-order valence-electron chi connectivity index (χ3n) is 10.6. The molecule has 0 saturated carbocycles. The number of benzene rings is 5. The molecule has 0 unspecified atom stereocenters. The molecule has 0 bridgehead atoms. The first kappa shape index (κ1) is 47.2. The maximum Gasteiger partial charge on any atom is 0.417 e. The number of anilines is 3. The van der Waals surface area contributed by atoms with Crippen LogP contribution in [0.15, 0.2) is 114 Å². The van der Waals surface area contributed by atoms with Gasteiger partial charge in [-0.05, 0) is 106 Å². The van der Waals surface area contributed by atoms with Crippen LogP contribution in [0.1, 0.15) is 62.0 Å². The zero-order valence-corrected chi connectivity index (χ0v) is 37.9. The number of halogens is 4. The Morgan fingerprint density at radius 2 is 1.53 bits per heavy atom. The van der Waals surface area contributed by atoms with Crippen molar-refractivity contribution in [3.05, 3.63) is 131 Å². The highest BCUT2D eigenvalue weighted by Gasteiger charge is 2.33. The number of carbonyl (C=O) groups is 3. The van der Waals surface area contributed by atoms with Crippen LogP contribution in [0.25, 0.3) is 31.6 Å². The molecule has 12 nitrogen and oxygen atoms in total. The van der Waals surface area contributed by atoms with Crippen molar-refractivity contribution in [3.63, 3.8) is 0 Å². The van der Waals surface area contributed by atoms with Crippen LogP contribution >= 0.6 is 22.9 Å². The number of nitrogens with one attached hydrogen (secondary N) is 4. The number of amides is 4. The lowest BCUT2D eigenvalue weighted by Gasteiger charge is -2.21. The molecule has 1 aliphatic carbocycles. The van der Waals surface area contributed by atoms with Gasteiger partial charge in [-0.15, -0.1) is 11.3 Å². The maximum absolute atomic E-state index is 13.2. The molecule has 17 heteroatoms. The van der Waals surface area contributed by atoms with Crippen molar-refractivity contribution in [2.45, 2.75) is 52.1 Å². The normalized spacial score (nSPS) is 11.8. The number of urea groups is 1. The minimum atomic E-state index is -4.67. The average molecular weight is 937 g/mol. The van der Waals surface area contributed by atoms with Crippen LogP contribution < -0.4 is 36.3 Å². The zero-order chi connectivity index (χ0) is 46.6. The van der Waals surface area contributed by atoms with Gasteiger partial charge in [0.25, 0.3) is 5.91 Å². The number of unbranched alkanes of at least 4 members (excludes halogenated alkanes) is 2. The zero-order valence-electron chi connectivity index (χ0n) is 36.3. The van der Waals surface area contributed by atoms with Crippen LogP contribution in [0.5, 0.6) is 11.5 Å². The monoisotopic (exact) mass is 936 g/mol. The second kappa shape index (κ2) is 21.9. The Morgan fingerprint density at radius 3 is 2.30 bits per heavy atom. The van der Waals surface area contributed by atoms with E-state index < -0.39 is 28.7 Å². The summed E-state index contributed by atoms with van der Waals surface area (Å²) in [6.07, 6.45) is 0.170.